The second-order valence-electron chi connectivity index (χ2n) is 3.13. The molecule has 6 nitrogen and oxygen atoms in total. The van der Waals surface area contributed by atoms with Crippen LogP contribution in [0.5, 0.6) is 0 Å². The fourth-order valence-electron chi connectivity index (χ4n) is 1.24. The molecule has 0 saturated carbocycles. The molecular weight excluding hydrogens is 248 g/mol. The molecule has 0 heterocycles. The van der Waals surface area contributed by atoms with E-state index in [0.29, 0.717) is 0 Å². The van der Waals surface area contributed by atoms with E-state index in [1.807, 2.05) is 0 Å². The second-order valence-corrected chi connectivity index (χ2v) is 3.67. The van der Waals surface area contributed by atoms with E-state index >= 15 is 0 Å². The number of nitro groups is 1. The summed E-state index contributed by atoms with van der Waals surface area (Å²) in [4.78, 5) is 21.0. The first-order chi connectivity index (χ1) is 7.93. The van der Waals surface area contributed by atoms with Crippen molar-refractivity contribution >= 4 is 28.9 Å². The third-order valence-electron chi connectivity index (χ3n) is 1.93. The van der Waals surface area contributed by atoms with Crippen LogP contribution in [-0.4, -0.2) is 22.5 Å². The molecule has 90 valence electrons. The van der Waals surface area contributed by atoms with Gasteiger partial charge in [0.1, 0.15) is 5.69 Å². The highest BCUT2D eigenvalue weighted by atomic mass is 35.5. The van der Waals surface area contributed by atoms with Crippen LogP contribution in [0.3, 0.4) is 0 Å². The standard InChI is InChI=1S/C10H9ClN2O4/c1-6(11)5-12-9-7(10(14)15)3-2-4-8(9)13(16)17/h2-4,12H,1,5H2,(H,14,15). The molecule has 1 rings (SSSR count). The number of aromatic carboxylic acids is 1. The van der Waals surface area contributed by atoms with E-state index in [1.165, 1.54) is 18.2 Å². The van der Waals surface area contributed by atoms with Crippen LogP contribution in [-0.2, 0) is 0 Å². The first kappa shape index (κ1) is 13.0. The van der Waals surface area contributed by atoms with Gasteiger partial charge >= 0.3 is 5.97 Å². The van der Waals surface area contributed by atoms with Crippen LogP contribution in [0.1, 0.15) is 10.4 Å². The Hall–Kier alpha value is -2.08. The van der Waals surface area contributed by atoms with Crippen molar-refractivity contribution in [1.29, 1.82) is 0 Å². The van der Waals surface area contributed by atoms with Crippen molar-refractivity contribution < 1.29 is 14.8 Å². The summed E-state index contributed by atoms with van der Waals surface area (Å²) < 4.78 is 0. The highest BCUT2D eigenvalue weighted by Gasteiger charge is 2.20. The van der Waals surface area contributed by atoms with Crippen LogP contribution >= 0.6 is 11.6 Å². The van der Waals surface area contributed by atoms with Gasteiger partial charge in [-0.15, -0.1) is 0 Å². The van der Waals surface area contributed by atoms with Crippen molar-refractivity contribution in [2.75, 3.05) is 11.9 Å². The summed E-state index contributed by atoms with van der Waals surface area (Å²) in [6, 6.07) is 3.79. The maximum Gasteiger partial charge on any atom is 0.338 e. The number of para-hydroxylation sites is 1. The number of halogens is 1. The van der Waals surface area contributed by atoms with E-state index < -0.39 is 10.9 Å². The van der Waals surface area contributed by atoms with Gasteiger partial charge in [0.2, 0.25) is 0 Å². The Labute approximate surface area is 102 Å². The highest BCUT2D eigenvalue weighted by molar-refractivity contribution is 6.29. The quantitative estimate of drug-likeness (QED) is 0.623. The normalized spacial score (nSPS) is 9.71. The molecule has 0 aliphatic carbocycles. The molecule has 2 N–H and O–H groups in total. The molecule has 7 heteroatoms. The largest absolute Gasteiger partial charge is 0.478 e. The van der Waals surface area contributed by atoms with Crippen molar-refractivity contribution in [2.24, 2.45) is 0 Å². The van der Waals surface area contributed by atoms with Crippen LogP contribution < -0.4 is 5.32 Å². The summed E-state index contributed by atoms with van der Waals surface area (Å²) in [6.45, 7) is 3.45. The van der Waals surface area contributed by atoms with E-state index in [2.05, 4.69) is 11.9 Å². The van der Waals surface area contributed by atoms with Gasteiger partial charge in [-0.3, -0.25) is 10.1 Å². The van der Waals surface area contributed by atoms with Gasteiger partial charge < -0.3 is 10.4 Å². The van der Waals surface area contributed by atoms with Gasteiger partial charge in [-0.1, -0.05) is 24.2 Å². The molecule has 0 aliphatic heterocycles. The first-order valence-corrected chi connectivity index (χ1v) is 4.89. The molecule has 0 spiro atoms. The number of nitrogens with zero attached hydrogens (tertiary/aromatic N) is 1. The van der Waals surface area contributed by atoms with Crippen molar-refractivity contribution in [3.05, 3.63) is 45.5 Å². The monoisotopic (exact) mass is 256 g/mol. The summed E-state index contributed by atoms with van der Waals surface area (Å²) in [6.07, 6.45) is 0. The predicted molar refractivity (Wildman–Crippen MR) is 63.5 cm³/mol. The molecule has 0 unspecified atom stereocenters. The van der Waals surface area contributed by atoms with Crippen LogP contribution in [0.4, 0.5) is 11.4 Å². The van der Waals surface area contributed by atoms with Crippen molar-refractivity contribution in [1.82, 2.24) is 0 Å². The Morgan fingerprint density at radius 2 is 2.24 bits per heavy atom. The van der Waals surface area contributed by atoms with Gasteiger partial charge in [0.25, 0.3) is 5.69 Å². The number of anilines is 1. The first-order valence-electron chi connectivity index (χ1n) is 4.51. The van der Waals surface area contributed by atoms with Crippen molar-refractivity contribution in [3.8, 4) is 0 Å². The number of carboxylic acids is 1. The average molecular weight is 257 g/mol. The Morgan fingerprint density at radius 1 is 1.59 bits per heavy atom. The van der Waals surface area contributed by atoms with Gasteiger partial charge in [0.05, 0.1) is 17.0 Å². The molecule has 0 saturated heterocycles. The number of hydrogen-bond donors (Lipinski definition) is 2. The average Bonchev–Trinajstić information content (AvgIpc) is 2.25. The Morgan fingerprint density at radius 3 is 2.71 bits per heavy atom. The van der Waals surface area contributed by atoms with E-state index in [0.717, 1.165) is 0 Å². The van der Waals surface area contributed by atoms with Crippen molar-refractivity contribution in [3.63, 3.8) is 0 Å². The lowest BCUT2D eigenvalue weighted by molar-refractivity contribution is -0.384. The summed E-state index contributed by atoms with van der Waals surface area (Å²) >= 11 is 5.52. The molecular formula is C10H9ClN2O4. The molecule has 0 bridgehead atoms. The minimum Gasteiger partial charge on any atom is -0.478 e. The third kappa shape index (κ3) is 3.18. The number of nitro benzene ring substituents is 1. The molecule has 1 aromatic carbocycles. The summed E-state index contributed by atoms with van der Waals surface area (Å²) in [5.74, 6) is -1.25. The van der Waals surface area contributed by atoms with E-state index in [1.54, 1.807) is 0 Å². The number of rotatable bonds is 5. The lowest BCUT2D eigenvalue weighted by Gasteiger charge is -2.08. The Balaban J connectivity index is 3.23. The number of carboxylic acid groups (broad SMARTS) is 1. The fraction of sp³-hybridized carbons (Fsp3) is 0.100. The van der Waals surface area contributed by atoms with Gasteiger partial charge in [-0.05, 0) is 6.07 Å². The lowest BCUT2D eigenvalue weighted by Crippen LogP contribution is -2.10. The molecule has 0 aromatic heterocycles. The minimum atomic E-state index is -1.25. The molecule has 0 radical (unpaired) electrons. The minimum absolute atomic E-state index is 0.0483. The van der Waals surface area contributed by atoms with Gasteiger partial charge in [0.15, 0.2) is 0 Å². The predicted octanol–water partition coefficient (Wildman–Crippen LogP) is 2.46. The summed E-state index contributed by atoms with van der Waals surface area (Å²) in [5, 5.41) is 22.5. The van der Waals surface area contributed by atoms with Crippen LogP contribution in [0, 0.1) is 10.1 Å². The van der Waals surface area contributed by atoms with Gasteiger partial charge in [0, 0.05) is 11.1 Å². The summed E-state index contributed by atoms with van der Waals surface area (Å²) in [5.41, 5.74) is -0.577. The smallest absolute Gasteiger partial charge is 0.338 e. The SMILES string of the molecule is C=C(Cl)CNc1c(C(=O)O)cccc1[N+](=O)[O-]. The highest BCUT2D eigenvalue weighted by Crippen LogP contribution is 2.28. The molecule has 0 amide bonds. The zero-order chi connectivity index (χ0) is 13.0. The molecule has 0 fully saturated rings. The second kappa shape index (κ2) is 5.31. The van der Waals surface area contributed by atoms with Crippen LogP contribution in [0.25, 0.3) is 0 Å². The maximum absolute atomic E-state index is 10.9. The van der Waals surface area contributed by atoms with E-state index in [9.17, 15) is 14.9 Å². The van der Waals surface area contributed by atoms with E-state index in [-0.39, 0.29) is 28.5 Å². The van der Waals surface area contributed by atoms with Gasteiger partial charge in [-0.2, -0.15) is 0 Å². The zero-order valence-corrected chi connectivity index (χ0v) is 9.40. The molecule has 0 aliphatic rings. The fourth-order valence-corrected chi connectivity index (χ4v) is 1.31. The number of carbonyl (C=O) groups is 1. The topological polar surface area (TPSA) is 92.5 Å². The number of hydrogen-bond acceptors (Lipinski definition) is 4. The van der Waals surface area contributed by atoms with Crippen molar-refractivity contribution in [2.45, 2.75) is 0 Å². The van der Waals surface area contributed by atoms with Crippen LogP contribution in [0.15, 0.2) is 29.8 Å². The Bertz CT molecular complexity index is 455. The molecule has 17 heavy (non-hydrogen) atoms. The number of benzene rings is 1. The maximum atomic E-state index is 10.9. The Kier molecular flexibility index (Phi) is 4.06. The van der Waals surface area contributed by atoms with Gasteiger partial charge in [-0.25, -0.2) is 4.79 Å². The molecule has 1 aromatic rings. The molecule has 0 atom stereocenters. The lowest BCUT2D eigenvalue weighted by atomic mass is 10.1. The zero-order valence-electron chi connectivity index (χ0n) is 8.64. The third-order valence-corrected chi connectivity index (χ3v) is 2.06. The van der Waals surface area contributed by atoms with Crippen LogP contribution in [0.2, 0.25) is 0 Å². The van der Waals surface area contributed by atoms with E-state index in [4.69, 9.17) is 16.7 Å². The summed E-state index contributed by atoms with van der Waals surface area (Å²) in [7, 11) is 0. The number of nitrogens with one attached hydrogen (secondary N) is 1.